The lowest BCUT2D eigenvalue weighted by Gasteiger charge is -2.36. The van der Waals surface area contributed by atoms with E-state index in [2.05, 4.69) is 32.8 Å². The summed E-state index contributed by atoms with van der Waals surface area (Å²) in [6.07, 6.45) is 4.30. The van der Waals surface area contributed by atoms with Gasteiger partial charge in [0.15, 0.2) is 0 Å². The predicted octanol–water partition coefficient (Wildman–Crippen LogP) is 5.32. The lowest BCUT2D eigenvalue weighted by atomic mass is 10.0. The molecule has 2 aliphatic rings. The Balaban J connectivity index is 1.13. The van der Waals surface area contributed by atoms with Crippen molar-refractivity contribution >= 4 is 35.0 Å². The topological polar surface area (TPSA) is 116 Å². The van der Waals surface area contributed by atoms with Crippen molar-refractivity contribution in [3.05, 3.63) is 72.7 Å². The van der Waals surface area contributed by atoms with Gasteiger partial charge in [0.25, 0.3) is 0 Å². The second kappa shape index (κ2) is 12.6. The summed E-state index contributed by atoms with van der Waals surface area (Å²) in [6.45, 7) is 5.14. The van der Waals surface area contributed by atoms with Gasteiger partial charge in [0, 0.05) is 49.8 Å². The fourth-order valence-electron chi connectivity index (χ4n) is 4.99. The van der Waals surface area contributed by atoms with Crippen LogP contribution in [0.25, 0.3) is 0 Å². The van der Waals surface area contributed by atoms with Crippen LogP contribution in [-0.2, 0) is 9.59 Å². The van der Waals surface area contributed by atoms with E-state index in [4.69, 9.17) is 4.74 Å². The van der Waals surface area contributed by atoms with E-state index in [0.717, 1.165) is 32.5 Å². The fourth-order valence-corrected chi connectivity index (χ4v) is 4.99. The van der Waals surface area contributed by atoms with E-state index >= 15 is 0 Å². The van der Waals surface area contributed by atoms with Crippen LogP contribution in [0.4, 0.5) is 26.4 Å². The number of carbonyl (C=O) groups is 3. The first kappa shape index (κ1) is 29.0. The summed E-state index contributed by atoms with van der Waals surface area (Å²) in [5.74, 6) is 0.174. The number of hydrogen-bond donors (Lipinski definition) is 3. The molecule has 1 aliphatic carbocycles. The highest BCUT2D eigenvalue weighted by molar-refractivity contribution is 6.16. The van der Waals surface area contributed by atoms with E-state index in [9.17, 15) is 18.8 Å². The molecule has 0 unspecified atom stereocenters. The maximum atomic E-state index is 13.2. The molecule has 2 fully saturated rings. The van der Waals surface area contributed by atoms with Gasteiger partial charge in [-0.25, -0.2) is 14.2 Å². The molecule has 10 nitrogen and oxygen atoms in total. The Morgan fingerprint density at radius 3 is 2.10 bits per heavy atom. The number of pyridine rings is 1. The predicted molar refractivity (Wildman–Crippen MR) is 158 cm³/mol. The molecule has 1 aliphatic heterocycles. The number of hydrogen-bond acceptors (Lipinski definition) is 6. The number of benzene rings is 2. The maximum Gasteiger partial charge on any atom is 0.323 e. The first-order valence-corrected chi connectivity index (χ1v) is 14.1. The Kier molecular flexibility index (Phi) is 8.67. The molecule has 1 saturated carbocycles. The zero-order valence-corrected chi connectivity index (χ0v) is 23.7. The highest BCUT2D eigenvalue weighted by Crippen LogP contribution is 2.47. The molecule has 1 saturated heterocycles. The quantitative estimate of drug-likeness (QED) is 0.298. The number of likely N-dealkylation sites (tertiary alicyclic amines) is 1. The number of aromatic nitrogens is 1. The summed E-state index contributed by atoms with van der Waals surface area (Å²) in [5.41, 5.74) is -0.202. The first-order valence-electron chi connectivity index (χ1n) is 14.1. The minimum absolute atomic E-state index is 0.185. The zero-order valence-electron chi connectivity index (χ0n) is 23.7. The number of urea groups is 1. The van der Waals surface area contributed by atoms with E-state index in [1.165, 1.54) is 24.3 Å². The zero-order chi connectivity index (χ0) is 29.7. The van der Waals surface area contributed by atoms with Gasteiger partial charge in [0.1, 0.15) is 28.5 Å². The average molecular weight is 575 g/mol. The molecule has 220 valence electrons. The number of amides is 4. The van der Waals surface area contributed by atoms with E-state index in [0.29, 0.717) is 41.5 Å². The molecule has 3 aromatic rings. The summed E-state index contributed by atoms with van der Waals surface area (Å²) >= 11 is 0. The molecule has 11 heteroatoms. The van der Waals surface area contributed by atoms with Gasteiger partial charge in [-0.15, -0.1) is 0 Å². The molecular formula is C31H35FN6O4. The Morgan fingerprint density at radius 2 is 1.52 bits per heavy atom. The Bertz CT molecular complexity index is 1420. The molecule has 3 N–H and O–H groups in total. The van der Waals surface area contributed by atoms with Gasteiger partial charge in [0.2, 0.25) is 11.8 Å². The van der Waals surface area contributed by atoms with Crippen LogP contribution in [0.2, 0.25) is 0 Å². The molecule has 0 bridgehead atoms. The van der Waals surface area contributed by atoms with Gasteiger partial charge in [-0.2, -0.15) is 0 Å². The third-order valence-corrected chi connectivity index (χ3v) is 7.91. The number of anilines is 3. The SMILES string of the molecule is CCN1CCC(N(C)C(=O)Nc2cc(Oc3ccc(NC(=O)C4(C(=O)Nc5ccc(F)cc5)CC4)cc3)ccn2)CC1. The molecule has 0 radical (unpaired) electrons. The number of nitrogens with one attached hydrogen (secondary N) is 3. The van der Waals surface area contributed by atoms with Crippen LogP contribution in [0.3, 0.4) is 0 Å². The molecule has 42 heavy (non-hydrogen) atoms. The van der Waals surface area contributed by atoms with Gasteiger partial charge >= 0.3 is 6.03 Å². The van der Waals surface area contributed by atoms with Crippen LogP contribution in [-0.4, -0.2) is 65.4 Å². The van der Waals surface area contributed by atoms with E-state index in [1.54, 1.807) is 47.5 Å². The van der Waals surface area contributed by atoms with Crippen LogP contribution < -0.4 is 20.7 Å². The van der Waals surface area contributed by atoms with Crippen LogP contribution in [0.5, 0.6) is 11.5 Å². The summed E-state index contributed by atoms with van der Waals surface area (Å²) < 4.78 is 19.1. The van der Waals surface area contributed by atoms with Crippen molar-refractivity contribution in [1.82, 2.24) is 14.8 Å². The number of halogens is 1. The molecule has 0 spiro atoms. The average Bonchev–Trinajstić information content (AvgIpc) is 3.82. The van der Waals surface area contributed by atoms with Gasteiger partial charge in [-0.05, 0) is 86.8 Å². The highest BCUT2D eigenvalue weighted by Gasteiger charge is 2.56. The van der Waals surface area contributed by atoms with Crippen LogP contribution in [0.15, 0.2) is 66.9 Å². The number of nitrogens with zero attached hydrogens (tertiary/aromatic N) is 3. The molecule has 4 amide bonds. The molecule has 5 rings (SSSR count). The van der Waals surface area contributed by atoms with Gasteiger partial charge in [-0.3, -0.25) is 14.9 Å². The monoisotopic (exact) mass is 574 g/mol. The van der Waals surface area contributed by atoms with Gasteiger partial charge in [-0.1, -0.05) is 6.92 Å². The minimum atomic E-state index is -1.15. The standard InChI is InChI=1S/C31H35FN6O4/c1-3-38-18-13-24(14-19-38)37(2)30(41)36-27-20-26(12-17-33-27)42-25-10-8-23(9-11-25)35-29(40)31(15-16-31)28(39)34-22-6-4-21(32)5-7-22/h4-12,17,20,24H,3,13-16,18-19H2,1-2H3,(H,34,39)(H,35,40)(H,33,36,41). The smallest absolute Gasteiger partial charge is 0.323 e. The number of carbonyl (C=O) groups excluding carboxylic acids is 3. The molecule has 2 aromatic carbocycles. The molecule has 1 aromatic heterocycles. The molecular weight excluding hydrogens is 539 g/mol. The second-order valence-electron chi connectivity index (χ2n) is 10.7. The van der Waals surface area contributed by atoms with Crippen molar-refractivity contribution < 1.29 is 23.5 Å². The summed E-state index contributed by atoms with van der Waals surface area (Å²) in [6, 6.07) is 15.5. The lowest BCUT2D eigenvalue weighted by Crippen LogP contribution is -2.46. The highest BCUT2D eigenvalue weighted by atomic mass is 19.1. The number of piperidine rings is 1. The number of ether oxygens (including phenoxy) is 1. The van der Waals surface area contributed by atoms with Crippen molar-refractivity contribution in [2.24, 2.45) is 5.41 Å². The first-order chi connectivity index (χ1) is 20.3. The maximum absolute atomic E-state index is 13.2. The molecule has 2 heterocycles. The Hall–Kier alpha value is -4.51. The minimum Gasteiger partial charge on any atom is -0.457 e. The normalized spacial score (nSPS) is 16.3. The Morgan fingerprint density at radius 1 is 0.929 bits per heavy atom. The third-order valence-electron chi connectivity index (χ3n) is 7.91. The van der Waals surface area contributed by atoms with Crippen molar-refractivity contribution in [3.63, 3.8) is 0 Å². The molecule has 0 atom stereocenters. The second-order valence-corrected chi connectivity index (χ2v) is 10.7. The van der Waals surface area contributed by atoms with Crippen LogP contribution in [0, 0.1) is 11.2 Å². The fraction of sp³-hybridized carbons (Fsp3) is 0.355. The van der Waals surface area contributed by atoms with E-state index in [1.807, 2.05) is 7.05 Å². The third kappa shape index (κ3) is 6.85. The van der Waals surface area contributed by atoms with Crippen molar-refractivity contribution in [2.75, 3.05) is 42.6 Å². The van der Waals surface area contributed by atoms with Gasteiger partial charge in [0.05, 0.1) is 0 Å². The summed E-state index contributed by atoms with van der Waals surface area (Å²) in [7, 11) is 1.81. The van der Waals surface area contributed by atoms with Crippen molar-refractivity contribution in [1.29, 1.82) is 0 Å². The van der Waals surface area contributed by atoms with E-state index < -0.39 is 23.0 Å². The van der Waals surface area contributed by atoms with Crippen molar-refractivity contribution in [2.45, 2.75) is 38.6 Å². The van der Waals surface area contributed by atoms with Crippen LogP contribution >= 0.6 is 0 Å². The van der Waals surface area contributed by atoms with Gasteiger partial charge < -0.3 is 25.2 Å². The van der Waals surface area contributed by atoms with Crippen molar-refractivity contribution in [3.8, 4) is 11.5 Å². The van der Waals surface area contributed by atoms with E-state index in [-0.39, 0.29) is 12.1 Å². The number of rotatable bonds is 9. The Labute approximate surface area is 244 Å². The lowest BCUT2D eigenvalue weighted by molar-refractivity contribution is -0.131. The largest absolute Gasteiger partial charge is 0.457 e. The summed E-state index contributed by atoms with van der Waals surface area (Å²) in [5, 5.41) is 8.35. The van der Waals surface area contributed by atoms with Crippen LogP contribution in [0.1, 0.15) is 32.6 Å². The summed E-state index contributed by atoms with van der Waals surface area (Å²) in [4.78, 5) is 46.9.